The zero-order valence-corrected chi connectivity index (χ0v) is 13.0. The van der Waals surface area contributed by atoms with Crippen LogP contribution in [0.2, 0.25) is 0 Å². The summed E-state index contributed by atoms with van der Waals surface area (Å²) >= 11 is 5.24. The Bertz CT molecular complexity index is 858. The van der Waals surface area contributed by atoms with E-state index in [4.69, 9.17) is 0 Å². The molecule has 4 rings (SSSR count). The molecule has 0 atom stereocenters. The van der Waals surface area contributed by atoms with Gasteiger partial charge in [-0.2, -0.15) is 0 Å². The first-order valence-corrected chi connectivity index (χ1v) is 8.67. The lowest BCUT2D eigenvalue weighted by Crippen LogP contribution is -1.85. The maximum absolute atomic E-state index is 4.56. The van der Waals surface area contributed by atoms with Gasteiger partial charge in [0.1, 0.15) is 16.9 Å². The molecule has 0 fully saturated rings. The quantitative estimate of drug-likeness (QED) is 0.504. The van der Waals surface area contributed by atoms with Crippen LogP contribution in [-0.4, -0.2) is 9.97 Å². The monoisotopic (exact) mass is 313 g/mol. The van der Waals surface area contributed by atoms with Crippen LogP contribution in [0.4, 0.5) is 0 Å². The molecule has 5 heteroatoms. The van der Waals surface area contributed by atoms with Crippen molar-refractivity contribution in [3.05, 3.63) is 47.0 Å². The van der Waals surface area contributed by atoms with Crippen molar-refractivity contribution < 1.29 is 0 Å². The number of fused-ring (bicyclic) bond motifs is 1. The van der Waals surface area contributed by atoms with Gasteiger partial charge in [-0.1, -0.05) is 12.1 Å². The number of rotatable bonds is 2. The first-order valence-electron chi connectivity index (χ1n) is 6.09. The van der Waals surface area contributed by atoms with Crippen molar-refractivity contribution >= 4 is 44.2 Å². The van der Waals surface area contributed by atoms with Crippen LogP contribution < -0.4 is 0 Å². The number of hydrogen-bond donors (Lipinski definition) is 0. The van der Waals surface area contributed by atoms with Crippen LogP contribution in [0.5, 0.6) is 0 Å². The fraction of sp³-hybridized carbons (Fsp3) is 0.0667. The molecule has 0 amide bonds. The van der Waals surface area contributed by atoms with Crippen LogP contribution in [0.25, 0.3) is 30.4 Å². The number of nitrogens with zero attached hydrogens (tertiary/aromatic N) is 2. The molecule has 0 aliphatic rings. The average molecular weight is 313 g/mol. The molecule has 4 heterocycles. The van der Waals surface area contributed by atoms with Gasteiger partial charge in [0.25, 0.3) is 0 Å². The third-order valence-electron chi connectivity index (χ3n) is 3.00. The maximum atomic E-state index is 4.56. The lowest BCUT2D eigenvalue weighted by atomic mass is 10.1. The Morgan fingerprint density at radius 1 is 1.05 bits per heavy atom. The Labute approximate surface area is 128 Å². The molecule has 97 valence electrons. The highest BCUT2D eigenvalue weighted by molar-refractivity contribution is 7.26. The molecule has 0 saturated carbocycles. The van der Waals surface area contributed by atoms with Crippen LogP contribution in [0.3, 0.4) is 0 Å². The smallest absolute Gasteiger partial charge is 0.128 e. The van der Waals surface area contributed by atoms with E-state index in [-0.39, 0.29) is 0 Å². The van der Waals surface area contributed by atoms with Crippen molar-refractivity contribution in [3.8, 4) is 20.2 Å². The summed E-state index contributed by atoms with van der Waals surface area (Å²) in [5.41, 5.74) is 1.22. The molecule has 1 radical (unpaired) electrons. The molecule has 0 unspecified atom stereocenters. The van der Waals surface area contributed by atoms with Gasteiger partial charge >= 0.3 is 0 Å². The Morgan fingerprint density at radius 2 is 1.80 bits per heavy atom. The Kier molecular flexibility index (Phi) is 2.91. The summed E-state index contributed by atoms with van der Waals surface area (Å²) in [6.07, 6.45) is 3.17. The van der Waals surface area contributed by atoms with Gasteiger partial charge in [-0.15, -0.1) is 34.0 Å². The second-order valence-corrected chi connectivity index (χ2v) is 7.22. The minimum Gasteiger partial charge on any atom is -0.231 e. The van der Waals surface area contributed by atoms with Crippen molar-refractivity contribution in [2.24, 2.45) is 0 Å². The van der Waals surface area contributed by atoms with E-state index >= 15 is 0 Å². The summed E-state index contributed by atoms with van der Waals surface area (Å²) < 4.78 is 0. The molecule has 2 nitrogen and oxygen atoms in total. The van der Waals surface area contributed by atoms with Crippen molar-refractivity contribution in [1.82, 2.24) is 9.97 Å². The van der Waals surface area contributed by atoms with E-state index in [2.05, 4.69) is 51.2 Å². The first kappa shape index (κ1) is 12.2. The van der Waals surface area contributed by atoms with Crippen LogP contribution in [0.1, 0.15) is 5.82 Å². The van der Waals surface area contributed by atoms with Crippen LogP contribution in [0.15, 0.2) is 35.0 Å². The van der Waals surface area contributed by atoms with E-state index in [1.54, 1.807) is 34.0 Å². The Balaban J connectivity index is 2.09. The average Bonchev–Trinajstić information content (AvgIpc) is 3.17. The molecule has 0 aliphatic heterocycles. The third-order valence-corrected chi connectivity index (χ3v) is 6.02. The highest BCUT2D eigenvalue weighted by atomic mass is 32.1. The van der Waals surface area contributed by atoms with Gasteiger partial charge < -0.3 is 0 Å². The predicted molar refractivity (Wildman–Crippen MR) is 87.6 cm³/mol. The second kappa shape index (κ2) is 4.77. The van der Waals surface area contributed by atoms with Gasteiger partial charge in [-0.25, -0.2) is 9.97 Å². The van der Waals surface area contributed by atoms with Crippen molar-refractivity contribution in [1.29, 1.82) is 0 Å². The maximum Gasteiger partial charge on any atom is 0.128 e. The molecule has 20 heavy (non-hydrogen) atoms. The van der Waals surface area contributed by atoms with Gasteiger partial charge in [-0.3, -0.25) is 0 Å². The topological polar surface area (TPSA) is 25.8 Å². The highest BCUT2D eigenvalue weighted by Gasteiger charge is 2.18. The van der Waals surface area contributed by atoms with Crippen LogP contribution >= 0.6 is 34.0 Å². The van der Waals surface area contributed by atoms with Gasteiger partial charge in [-0.05, 0) is 29.8 Å². The molecule has 0 aromatic carbocycles. The zero-order valence-electron chi connectivity index (χ0n) is 10.6. The van der Waals surface area contributed by atoms with Gasteiger partial charge in [0, 0.05) is 20.7 Å². The molecule has 0 spiro atoms. The minimum absolute atomic E-state index is 0.772. The van der Waals surface area contributed by atoms with E-state index in [1.165, 1.54) is 20.2 Å². The molecule has 0 bridgehead atoms. The summed E-state index contributed by atoms with van der Waals surface area (Å²) in [6, 6.07) is 8.48. The summed E-state index contributed by atoms with van der Waals surface area (Å²) in [6.45, 7) is 1.91. The zero-order chi connectivity index (χ0) is 13.5. The summed E-state index contributed by atoms with van der Waals surface area (Å²) in [4.78, 5) is 13.6. The van der Waals surface area contributed by atoms with Gasteiger partial charge in [0.2, 0.25) is 0 Å². The van der Waals surface area contributed by atoms with E-state index in [0.717, 1.165) is 16.0 Å². The second-order valence-electron chi connectivity index (χ2n) is 4.32. The lowest BCUT2D eigenvalue weighted by Gasteiger charge is -1.99. The van der Waals surface area contributed by atoms with Crippen molar-refractivity contribution in [3.63, 3.8) is 0 Å². The number of aromatic nitrogens is 2. The molecule has 4 aromatic rings. The summed E-state index contributed by atoms with van der Waals surface area (Å²) in [5, 5.41) is 5.25. The molecular formula is C15H9N2S3. The predicted octanol–water partition coefficient (Wildman–Crippen LogP) is 5.26. The summed E-state index contributed by atoms with van der Waals surface area (Å²) in [7, 11) is 0. The van der Waals surface area contributed by atoms with Crippen molar-refractivity contribution in [2.75, 3.05) is 0 Å². The normalized spacial score (nSPS) is 11.2. The SMILES string of the molecule is Cc1n[c]c2c(-c3cccs3)c(-c3cccs3)sc2n1. The minimum atomic E-state index is 0.772. The van der Waals surface area contributed by atoms with E-state index in [0.29, 0.717) is 0 Å². The van der Waals surface area contributed by atoms with Crippen LogP contribution in [-0.2, 0) is 0 Å². The van der Waals surface area contributed by atoms with E-state index in [1.807, 2.05) is 6.92 Å². The number of hydrogen-bond acceptors (Lipinski definition) is 5. The Morgan fingerprint density at radius 3 is 2.50 bits per heavy atom. The third kappa shape index (κ3) is 1.90. The van der Waals surface area contributed by atoms with Crippen molar-refractivity contribution in [2.45, 2.75) is 6.92 Å². The van der Waals surface area contributed by atoms with E-state index in [9.17, 15) is 0 Å². The molecule has 0 aliphatic carbocycles. The molecule has 0 saturated heterocycles. The first-order chi connectivity index (χ1) is 9.83. The highest BCUT2D eigenvalue weighted by Crippen LogP contribution is 2.46. The standard InChI is InChI=1S/C15H9N2S3/c1-9-16-8-10-13(11-4-2-6-18-11)14(20-15(10)17-9)12-5-3-7-19-12/h2-7H,1H3. The van der Waals surface area contributed by atoms with E-state index < -0.39 is 0 Å². The lowest BCUT2D eigenvalue weighted by molar-refractivity contribution is 1.09. The fourth-order valence-electron chi connectivity index (χ4n) is 2.15. The number of thiophene rings is 3. The van der Waals surface area contributed by atoms with Gasteiger partial charge in [0.15, 0.2) is 0 Å². The fourth-order valence-corrected chi connectivity index (χ4v) is 5.04. The molecule has 0 N–H and O–H groups in total. The molecular weight excluding hydrogens is 304 g/mol. The Hall–Kier alpha value is -1.56. The van der Waals surface area contributed by atoms with Gasteiger partial charge in [0.05, 0.1) is 4.88 Å². The largest absolute Gasteiger partial charge is 0.231 e. The summed E-state index contributed by atoms with van der Waals surface area (Å²) in [5.74, 6) is 0.772. The molecule has 4 aromatic heterocycles. The van der Waals surface area contributed by atoms with Crippen LogP contribution in [0, 0.1) is 13.1 Å². The number of aryl methyl sites for hydroxylation is 1.